The van der Waals surface area contributed by atoms with Gasteiger partial charge in [0.05, 0.1) is 5.69 Å². The Bertz CT molecular complexity index is 459. The molecule has 2 rings (SSSR count). The summed E-state index contributed by atoms with van der Waals surface area (Å²) in [7, 11) is 0. The molecule has 0 saturated heterocycles. The third-order valence-electron chi connectivity index (χ3n) is 3.61. The van der Waals surface area contributed by atoms with E-state index in [0.29, 0.717) is 17.4 Å². The van der Waals surface area contributed by atoms with E-state index in [1.54, 1.807) is 6.07 Å². The van der Waals surface area contributed by atoms with Gasteiger partial charge in [-0.1, -0.05) is 20.3 Å². The molecule has 4 nitrogen and oxygen atoms in total. The van der Waals surface area contributed by atoms with Crippen molar-refractivity contribution in [2.45, 2.75) is 39.2 Å². The van der Waals surface area contributed by atoms with Crippen molar-refractivity contribution in [3.8, 4) is 6.07 Å². The highest BCUT2D eigenvalue weighted by atomic mass is 15.0. The lowest BCUT2D eigenvalue weighted by atomic mass is 9.87. The van der Waals surface area contributed by atoms with E-state index < -0.39 is 0 Å². The monoisotopic (exact) mass is 230 g/mol. The summed E-state index contributed by atoms with van der Waals surface area (Å²) in [6, 6.07) is 6.00. The van der Waals surface area contributed by atoms with Gasteiger partial charge >= 0.3 is 0 Å². The largest absolute Gasteiger partial charge is 0.396 e. The maximum Gasteiger partial charge on any atom is 0.165 e. The average molecular weight is 230 g/mol. The second kappa shape index (κ2) is 4.25. The number of nitrogens with one attached hydrogen (secondary N) is 1. The van der Waals surface area contributed by atoms with Crippen LogP contribution in [0.1, 0.15) is 38.8 Å². The van der Waals surface area contributed by atoms with Gasteiger partial charge in [0.15, 0.2) is 5.69 Å². The van der Waals surface area contributed by atoms with E-state index in [0.717, 1.165) is 12.2 Å². The highest BCUT2D eigenvalue weighted by Crippen LogP contribution is 2.38. The van der Waals surface area contributed by atoms with Gasteiger partial charge in [0.25, 0.3) is 0 Å². The minimum atomic E-state index is 0.288. The highest BCUT2D eigenvalue weighted by molar-refractivity contribution is 5.54. The predicted octanol–water partition coefficient (Wildman–Crippen LogP) is 2.53. The summed E-state index contributed by atoms with van der Waals surface area (Å²) in [5.41, 5.74) is 6.67. The molecule has 1 heterocycles. The van der Waals surface area contributed by atoms with Crippen LogP contribution in [0.5, 0.6) is 0 Å². The SMILES string of the molecule is CC1(C)CCCC1Nc1ccc(N)c(C#N)n1. The molecule has 0 aromatic carbocycles. The molecule has 1 fully saturated rings. The fourth-order valence-electron chi connectivity index (χ4n) is 2.41. The molecule has 1 aromatic heterocycles. The zero-order chi connectivity index (χ0) is 12.5. The van der Waals surface area contributed by atoms with Crippen molar-refractivity contribution in [2.24, 2.45) is 5.41 Å². The van der Waals surface area contributed by atoms with Gasteiger partial charge in [-0.05, 0) is 30.4 Å². The van der Waals surface area contributed by atoms with Gasteiger partial charge in [0, 0.05) is 6.04 Å². The molecule has 1 atom stereocenters. The number of pyridine rings is 1. The lowest BCUT2D eigenvalue weighted by Gasteiger charge is -2.28. The number of hydrogen-bond donors (Lipinski definition) is 2. The molecule has 0 amide bonds. The molecule has 4 heteroatoms. The maximum atomic E-state index is 8.89. The molecule has 1 aliphatic rings. The van der Waals surface area contributed by atoms with Crippen LogP contribution >= 0.6 is 0 Å². The Balaban J connectivity index is 2.17. The van der Waals surface area contributed by atoms with Crippen LogP contribution in [0.3, 0.4) is 0 Å². The minimum Gasteiger partial charge on any atom is -0.396 e. The van der Waals surface area contributed by atoms with E-state index in [1.807, 2.05) is 12.1 Å². The summed E-state index contributed by atoms with van der Waals surface area (Å²) in [5.74, 6) is 0.746. The highest BCUT2D eigenvalue weighted by Gasteiger charge is 2.34. The second-order valence-electron chi connectivity index (χ2n) is 5.32. The van der Waals surface area contributed by atoms with Crippen molar-refractivity contribution in [1.29, 1.82) is 5.26 Å². The number of nitriles is 1. The molecular weight excluding hydrogens is 212 g/mol. The first-order valence-corrected chi connectivity index (χ1v) is 5.96. The first-order valence-electron chi connectivity index (χ1n) is 5.96. The van der Waals surface area contributed by atoms with E-state index in [2.05, 4.69) is 24.1 Å². The molecular formula is C13H18N4. The van der Waals surface area contributed by atoms with Crippen molar-refractivity contribution in [3.05, 3.63) is 17.8 Å². The molecule has 3 N–H and O–H groups in total. The van der Waals surface area contributed by atoms with Crippen LogP contribution < -0.4 is 11.1 Å². The van der Waals surface area contributed by atoms with Crippen molar-refractivity contribution in [3.63, 3.8) is 0 Å². The summed E-state index contributed by atoms with van der Waals surface area (Å²) in [4.78, 5) is 4.22. The number of nitrogens with zero attached hydrogens (tertiary/aromatic N) is 2. The Hall–Kier alpha value is -1.76. The lowest BCUT2D eigenvalue weighted by Crippen LogP contribution is -2.31. The fourth-order valence-corrected chi connectivity index (χ4v) is 2.41. The van der Waals surface area contributed by atoms with Crippen LogP contribution in [-0.4, -0.2) is 11.0 Å². The van der Waals surface area contributed by atoms with Gasteiger partial charge in [-0.2, -0.15) is 5.26 Å². The molecule has 90 valence electrons. The molecule has 0 radical (unpaired) electrons. The van der Waals surface area contributed by atoms with E-state index >= 15 is 0 Å². The van der Waals surface area contributed by atoms with Gasteiger partial charge in [-0.3, -0.25) is 0 Å². The Kier molecular flexibility index (Phi) is 2.93. The molecule has 0 aliphatic heterocycles. The van der Waals surface area contributed by atoms with Gasteiger partial charge in [0.2, 0.25) is 0 Å². The Morgan fingerprint density at radius 3 is 2.88 bits per heavy atom. The van der Waals surface area contributed by atoms with E-state index in [9.17, 15) is 0 Å². The number of hydrogen-bond acceptors (Lipinski definition) is 4. The van der Waals surface area contributed by atoms with Gasteiger partial charge < -0.3 is 11.1 Å². The van der Waals surface area contributed by atoms with Crippen LogP contribution in [0, 0.1) is 16.7 Å². The van der Waals surface area contributed by atoms with Crippen LogP contribution in [0.2, 0.25) is 0 Å². The summed E-state index contributed by atoms with van der Waals surface area (Å²) in [5, 5.41) is 12.3. The molecule has 17 heavy (non-hydrogen) atoms. The Morgan fingerprint density at radius 1 is 1.53 bits per heavy atom. The number of aromatic nitrogens is 1. The number of nitrogen functional groups attached to an aromatic ring is 1. The minimum absolute atomic E-state index is 0.288. The zero-order valence-corrected chi connectivity index (χ0v) is 10.3. The zero-order valence-electron chi connectivity index (χ0n) is 10.3. The molecule has 1 unspecified atom stereocenters. The normalized spacial score (nSPS) is 22.1. The number of anilines is 2. The predicted molar refractivity (Wildman–Crippen MR) is 68.4 cm³/mol. The van der Waals surface area contributed by atoms with E-state index in [1.165, 1.54) is 12.8 Å². The average Bonchev–Trinajstić information content (AvgIpc) is 2.61. The second-order valence-corrected chi connectivity index (χ2v) is 5.32. The van der Waals surface area contributed by atoms with Crippen LogP contribution in [-0.2, 0) is 0 Å². The maximum absolute atomic E-state index is 8.89. The number of rotatable bonds is 2. The summed E-state index contributed by atoms with van der Waals surface area (Å²) in [6.07, 6.45) is 3.62. The molecule has 1 aliphatic carbocycles. The van der Waals surface area contributed by atoms with Gasteiger partial charge in [-0.15, -0.1) is 0 Å². The van der Waals surface area contributed by atoms with Crippen LogP contribution in [0.15, 0.2) is 12.1 Å². The quantitative estimate of drug-likeness (QED) is 0.818. The Labute approximate surface area is 102 Å². The van der Waals surface area contributed by atoms with E-state index in [4.69, 9.17) is 11.0 Å². The number of nitrogens with two attached hydrogens (primary N) is 1. The van der Waals surface area contributed by atoms with Crippen LogP contribution in [0.25, 0.3) is 0 Å². The topological polar surface area (TPSA) is 74.7 Å². The summed E-state index contributed by atoms with van der Waals surface area (Å²) >= 11 is 0. The van der Waals surface area contributed by atoms with E-state index in [-0.39, 0.29) is 5.41 Å². The summed E-state index contributed by atoms with van der Waals surface area (Å²) in [6.45, 7) is 4.53. The first kappa shape index (κ1) is 11.7. The third kappa shape index (κ3) is 2.33. The van der Waals surface area contributed by atoms with Gasteiger partial charge in [0.1, 0.15) is 11.9 Å². The smallest absolute Gasteiger partial charge is 0.165 e. The molecule has 0 spiro atoms. The van der Waals surface area contributed by atoms with Crippen molar-refractivity contribution >= 4 is 11.5 Å². The summed E-state index contributed by atoms with van der Waals surface area (Å²) < 4.78 is 0. The first-order chi connectivity index (χ1) is 8.03. The Morgan fingerprint density at radius 2 is 2.29 bits per heavy atom. The third-order valence-corrected chi connectivity index (χ3v) is 3.61. The standard InChI is InChI=1S/C13H18N4/c1-13(2)7-3-4-11(13)17-12-6-5-9(15)10(8-14)16-12/h5-6,11H,3-4,7,15H2,1-2H3,(H,16,17). The molecule has 1 aromatic rings. The van der Waals surface area contributed by atoms with Crippen LogP contribution in [0.4, 0.5) is 11.5 Å². The van der Waals surface area contributed by atoms with Crippen molar-refractivity contribution < 1.29 is 0 Å². The lowest BCUT2D eigenvalue weighted by molar-refractivity contribution is 0.349. The van der Waals surface area contributed by atoms with Crippen molar-refractivity contribution in [2.75, 3.05) is 11.1 Å². The fraction of sp³-hybridized carbons (Fsp3) is 0.538. The molecule has 0 bridgehead atoms. The van der Waals surface area contributed by atoms with Crippen molar-refractivity contribution in [1.82, 2.24) is 4.98 Å². The molecule has 1 saturated carbocycles. The van der Waals surface area contributed by atoms with Gasteiger partial charge in [-0.25, -0.2) is 4.98 Å².